The quantitative estimate of drug-likeness (QED) is 0.752. The van der Waals surface area contributed by atoms with E-state index in [1.807, 2.05) is 13.0 Å². The summed E-state index contributed by atoms with van der Waals surface area (Å²) in [6, 6.07) is -0.596. The van der Waals surface area contributed by atoms with Gasteiger partial charge in [0.2, 0.25) is 5.91 Å². The molecular weight excluding hydrogens is 264 g/mol. The molecule has 0 radical (unpaired) electrons. The van der Waals surface area contributed by atoms with Crippen molar-refractivity contribution in [3.05, 3.63) is 32.8 Å². The third-order valence-corrected chi connectivity index (χ3v) is 4.20. The fraction of sp³-hybridized carbons (Fsp3) is 0.308. The van der Waals surface area contributed by atoms with Crippen LogP contribution < -0.4 is 20.6 Å². The van der Waals surface area contributed by atoms with E-state index in [4.69, 9.17) is 0 Å². The number of nitrogens with zero attached hydrogens (tertiary/aromatic N) is 1. The number of aromatic nitrogens is 1. The first-order valence-electron chi connectivity index (χ1n) is 5.93. The van der Waals surface area contributed by atoms with E-state index in [2.05, 4.69) is 11.9 Å². The van der Waals surface area contributed by atoms with Gasteiger partial charge in [-0.05, 0) is 19.4 Å². The van der Waals surface area contributed by atoms with Crippen molar-refractivity contribution in [1.82, 2.24) is 9.27 Å². The Balaban J connectivity index is 2.56. The van der Waals surface area contributed by atoms with Crippen LogP contribution in [0.2, 0.25) is 0 Å². The van der Waals surface area contributed by atoms with Crippen molar-refractivity contribution in [2.24, 2.45) is 0 Å². The monoisotopic (exact) mass is 278 g/mol. The minimum Gasteiger partial charge on any atom is -0.295 e. The molecule has 1 N–H and O–H groups in total. The Morgan fingerprint density at radius 1 is 1.42 bits per heavy atom. The minimum atomic E-state index is -0.596. The van der Waals surface area contributed by atoms with Crippen LogP contribution in [-0.2, 0) is 9.59 Å². The zero-order valence-electron chi connectivity index (χ0n) is 10.5. The summed E-state index contributed by atoms with van der Waals surface area (Å²) in [4.78, 5) is 35.2. The molecule has 1 aliphatic heterocycles. The Hall–Kier alpha value is -1.95. The summed E-state index contributed by atoms with van der Waals surface area (Å²) >= 11 is 1.24. The molecule has 0 saturated carbocycles. The standard InChI is InChI=1S/C13H14N2O3S/c1-3-5-8-10(4-2)19-15(13(8)18)9-6-7-11(16)14-12(9)17/h3-5,9H,1,6-7H2,2H3,(H,14,16,17)/b8-5+,10-4+. The highest BCUT2D eigenvalue weighted by molar-refractivity contribution is 7.04. The molecule has 19 heavy (non-hydrogen) atoms. The molecule has 2 rings (SSSR count). The van der Waals surface area contributed by atoms with Gasteiger partial charge in [0.1, 0.15) is 6.04 Å². The lowest BCUT2D eigenvalue weighted by molar-refractivity contribution is -0.135. The molecule has 1 saturated heterocycles. The largest absolute Gasteiger partial charge is 0.295 e. The highest BCUT2D eigenvalue weighted by Gasteiger charge is 2.29. The molecule has 1 fully saturated rings. The lowest BCUT2D eigenvalue weighted by Crippen LogP contribution is -2.45. The summed E-state index contributed by atoms with van der Waals surface area (Å²) in [7, 11) is 0. The minimum absolute atomic E-state index is 0.215. The van der Waals surface area contributed by atoms with E-state index in [1.165, 1.54) is 15.5 Å². The molecule has 100 valence electrons. The summed E-state index contributed by atoms with van der Waals surface area (Å²) < 4.78 is 2.24. The van der Waals surface area contributed by atoms with Gasteiger partial charge in [-0.1, -0.05) is 30.3 Å². The summed E-state index contributed by atoms with van der Waals surface area (Å²) in [6.45, 7) is 5.42. The first-order valence-corrected chi connectivity index (χ1v) is 6.70. The third kappa shape index (κ3) is 2.44. The van der Waals surface area contributed by atoms with Crippen molar-refractivity contribution in [3.63, 3.8) is 0 Å². The van der Waals surface area contributed by atoms with Crippen LogP contribution in [0.4, 0.5) is 0 Å². The Kier molecular flexibility index (Phi) is 3.80. The van der Waals surface area contributed by atoms with Gasteiger partial charge in [0, 0.05) is 6.42 Å². The Morgan fingerprint density at radius 2 is 2.16 bits per heavy atom. The maximum absolute atomic E-state index is 12.3. The number of hydrogen-bond donors (Lipinski definition) is 1. The Morgan fingerprint density at radius 3 is 2.74 bits per heavy atom. The second-order valence-electron chi connectivity index (χ2n) is 4.16. The van der Waals surface area contributed by atoms with E-state index in [1.54, 1.807) is 12.2 Å². The molecule has 6 heteroatoms. The van der Waals surface area contributed by atoms with Crippen LogP contribution in [0.3, 0.4) is 0 Å². The number of rotatable bonds is 2. The lowest BCUT2D eigenvalue weighted by atomic mass is 10.1. The van der Waals surface area contributed by atoms with Gasteiger partial charge in [0.25, 0.3) is 11.5 Å². The molecular formula is C13H14N2O3S. The van der Waals surface area contributed by atoms with Crippen LogP contribution in [0.1, 0.15) is 25.8 Å². The molecule has 2 amide bonds. The van der Waals surface area contributed by atoms with Crippen molar-refractivity contribution < 1.29 is 9.59 Å². The molecule has 1 aromatic heterocycles. The predicted octanol–water partition coefficient (Wildman–Crippen LogP) is -0.346. The topological polar surface area (TPSA) is 68.2 Å². The first-order chi connectivity index (χ1) is 9.08. The van der Waals surface area contributed by atoms with Gasteiger partial charge in [-0.3, -0.25) is 23.7 Å². The fourth-order valence-electron chi connectivity index (χ4n) is 2.01. The molecule has 1 aliphatic rings. The van der Waals surface area contributed by atoms with E-state index in [-0.39, 0.29) is 17.9 Å². The normalized spacial score (nSPS) is 21.6. The second kappa shape index (κ2) is 5.36. The molecule has 5 nitrogen and oxygen atoms in total. The van der Waals surface area contributed by atoms with E-state index in [0.29, 0.717) is 11.6 Å². The number of allylic oxidation sites excluding steroid dienone is 1. The van der Waals surface area contributed by atoms with E-state index < -0.39 is 11.9 Å². The van der Waals surface area contributed by atoms with Crippen molar-refractivity contribution in [3.8, 4) is 0 Å². The van der Waals surface area contributed by atoms with Crippen LogP contribution >= 0.6 is 11.5 Å². The third-order valence-electron chi connectivity index (χ3n) is 2.93. The van der Waals surface area contributed by atoms with E-state index >= 15 is 0 Å². The van der Waals surface area contributed by atoms with Gasteiger partial charge in [0.15, 0.2) is 0 Å². The number of nitrogens with one attached hydrogen (secondary N) is 1. The summed E-state index contributed by atoms with van der Waals surface area (Å²) in [5.74, 6) is -0.696. The average Bonchev–Trinajstić information content (AvgIpc) is 2.68. The van der Waals surface area contributed by atoms with Gasteiger partial charge in [0.05, 0.1) is 9.75 Å². The maximum atomic E-state index is 12.3. The highest BCUT2D eigenvalue weighted by Crippen LogP contribution is 2.16. The highest BCUT2D eigenvalue weighted by atomic mass is 32.1. The van der Waals surface area contributed by atoms with Gasteiger partial charge in [-0.2, -0.15) is 0 Å². The summed E-state index contributed by atoms with van der Waals surface area (Å²) in [5, 5.41) is 2.80. The van der Waals surface area contributed by atoms with Crippen LogP contribution in [0.5, 0.6) is 0 Å². The Labute approximate surface area is 113 Å². The number of amides is 2. The van der Waals surface area contributed by atoms with Crippen LogP contribution in [0.25, 0.3) is 12.2 Å². The smallest absolute Gasteiger partial charge is 0.269 e. The second-order valence-corrected chi connectivity index (χ2v) is 5.17. The summed E-state index contributed by atoms with van der Waals surface area (Å²) in [6.07, 6.45) is 5.62. The van der Waals surface area contributed by atoms with E-state index in [0.717, 1.165) is 4.53 Å². The molecule has 1 unspecified atom stereocenters. The summed E-state index contributed by atoms with van der Waals surface area (Å²) in [5.41, 5.74) is -0.215. The number of carbonyl (C=O) groups excluding carboxylic acids is 2. The molecule has 2 heterocycles. The van der Waals surface area contributed by atoms with Gasteiger partial charge < -0.3 is 0 Å². The number of imide groups is 1. The fourth-order valence-corrected chi connectivity index (χ4v) is 3.09. The van der Waals surface area contributed by atoms with Crippen molar-refractivity contribution in [1.29, 1.82) is 0 Å². The Bertz CT molecular complexity index is 711. The van der Waals surface area contributed by atoms with Crippen LogP contribution in [0.15, 0.2) is 17.4 Å². The maximum Gasteiger partial charge on any atom is 0.269 e. The number of carbonyl (C=O) groups is 2. The van der Waals surface area contributed by atoms with Crippen LogP contribution in [-0.4, -0.2) is 15.8 Å². The molecule has 1 atom stereocenters. The zero-order valence-corrected chi connectivity index (χ0v) is 11.3. The SMILES string of the molecule is C=C/C=c1/c(=O)n(C2CCC(=O)NC2=O)s/c1=C/C. The molecule has 0 aliphatic carbocycles. The molecule has 1 aromatic rings. The molecule has 0 aromatic carbocycles. The van der Waals surface area contributed by atoms with Gasteiger partial charge >= 0.3 is 0 Å². The zero-order chi connectivity index (χ0) is 14.0. The predicted molar refractivity (Wildman–Crippen MR) is 74.1 cm³/mol. The van der Waals surface area contributed by atoms with E-state index in [9.17, 15) is 14.4 Å². The average molecular weight is 278 g/mol. The lowest BCUT2D eigenvalue weighted by Gasteiger charge is -2.20. The van der Waals surface area contributed by atoms with Gasteiger partial charge in [-0.15, -0.1) is 0 Å². The number of hydrogen-bond acceptors (Lipinski definition) is 4. The first kappa shape index (κ1) is 13.5. The molecule has 0 bridgehead atoms. The van der Waals surface area contributed by atoms with Crippen molar-refractivity contribution in [2.75, 3.05) is 0 Å². The molecule has 0 spiro atoms. The number of piperidine rings is 1. The van der Waals surface area contributed by atoms with Crippen molar-refractivity contribution >= 4 is 35.5 Å². The van der Waals surface area contributed by atoms with Crippen LogP contribution in [0, 0.1) is 0 Å². The van der Waals surface area contributed by atoms with Crippen molar-refractivity contribution in [2.45, 2.75) is 25.8 Å². The van der Waals surface area contributed by atoms with Gasteiger partial charge in [-0.25, -0.2) is 0 Å².